The molecule has 0 radical (unpaired) electrons. The summed E-state index contributed by atoms with van der Waals surface area (Å²) in [5.41, 5.74) is 1.69. The molecule has 0 bridgehead atoms. The summed E-state index contributed by atoms with van der Waals surface area (Å²) in [7, 11) is 0. The first-order valence-electron chi connectivity index (χ1n) is 9.29. The zero-order valence-electron chi connectivity index (χ0n) is 15.7. The highest BCUT2D eigenvalue weighted by molar-refractivity contribution is 9.09. The highest BCUT2D eigenvalue weighted by atomic mass is 79.9. The molecular formula is C22H29BrO2. The minimum atomic E-state index is -0.421. The fourth-order valence-electron chi connectivity index (χ4n) is 4.56. The van der Waals surface area contributed by atoms with Crippen molar-refractivity contribution in [2.75, 3.05) is 18.5 Å². The van der Waals surface area contributed by atoms with Crippen molar-refractivity contribution < 1.29 is 9.47 Å². The lowest BCUT2D eigenvalue weighted by molar-refractivity contribution is -0.310. The molecule has 1 saturated heterocycles. The van der Waals surface area contributed by atoms with E-state index in [0.29, 0.717) is 5.92 Å². The number of hydrogen-bond donors (Lipinski definition) is 0. The van der Waals surface area contributed by atoms with Crippen molar-refractivity contribution in [1.29, 1.82) is 0 Å². The van der Waals surface area contributed by atoms with Gasteiger partial charge in [-0.25, -0.2) is 0 Å². The molecule has 25 heavy (non-hydrogen) atoms. The van der Waals surface area contributed by atoms with Gasteiger partial charge in [-0.3, -0.25) is 0 Å². The molecule has 0 amide bonds. The lowest BCUT2D eigenvalue weighted by Gasteiger charge is -2.54. The number of hydrogen-bond acceptors (Lipinski definition) is 2. The number of fused-ring (bicyclic) bond motifs is 1. The second-order valence-corrected chi connectivity index (χ2v) is 9.34. The third kappa shape index (κ3) is 3.71. The molecule has 0 aromatic carbocycles. The first kappa shape index (κ1) is 19.0. The Kier molecular flexibility index (Phi) is 5.41. The van der Waals surface area contributed by atoms with Crippen molar-refractivity contribution in [1.82, 2.24) is 0 Å². The van der Waals surface area contributed by atoms with Gasteiger partial charge < -0.3 is 9.47 Å². The summed E-state index contributed by atoms with van der Waals surface area (Å²) in [6.45, 7) is 8.31. The van der Waals surface area contributed by atoms with Gasteiger partial charge in [0.05, 0.1) is 18.5 Å². The monoisotopic (exact) mass is 404 g/mol. The van der Waals surface area contributed by atoms with Gasteiger partial charge >= 0.3 is 0 Å². The van der Waals surface area contributed by atoms with Crippen LogP contribution in [0.3, 0.4) is 0 Å². The van der Waals surface area contributed by atoms with Gasteiger partial charge in [-0.2, -0.15) is 0 Å². The Labute approximate surface area is 161 Å². The largest absolute Gasteiger partial charge is 0.349 e. The fraction of sp³-hybridized carbons (Fsp3) is 0.727. The van der Waals surface area contributed by atoms with Crippen LogP contribution in [0.5, 0.6) is 0 Å². The SMILES string of the molecule is C#C[C@@H]1CC=C2CC3(CC[C@]2(C)[C@H]1CC#CCBr)OCC(C)(C)CO3. The van der Waals surface area contributed by atoms with Gasteiger partial charge in [-0.15, -0.1) is 18.3 Å². The molecule has 2 fully saturated rings. The minimum absolute atomic E-state index is 0.106. The molecule has 136 valence electrons. The van der Waals surface area contributed by atoms with E-state index in [1.54, 1.807) is 0 Å². The molecule has 3 atom stereocenters. The standard InChI is InChI=1S/C22H29BrO2/c1-5-17-9-10-18-14-22(24-15-20(2,3)16-25-22)12-11-21(18,4)19(17)8-6-7-13-23/h1,10,17,19H,8-9,11-16H2,2-4H3/t17-,19+,21+/m1/s1. The summed E-state index contributed by atoms with van der Waals surface area (Å²) in [6, 6.07) is 0. The van der Waals surface area contributed by atoms with E-state index in [0.717, 1.165) is 50.6 Å². The van der Waals surface area contributed by atoms with Crippen molar-refractivity contribution in [3.8, 4) is 24.2 Å². The van der Waals surface area contributed by atoms with Crippen LogP contribution in [0.25, 0.3) is 0 Å². The van der Waals surface area contributed by atoms with Gasteiger partial charge in [0.15, 0.2) is 5.79 Å². The highest BCUT2D eigenvalue weighted by Crippen LogP contribution is 2.57. The third-order valence-corrected chi connectivity index (χ3v) is 6.60. The first-order valence-corrected chi connectivity index (χ1v) is 10.4. The van der Waals surface area contributed by atoms with Gasteiger partial charge in [0.1, 0.15) is 0 Å². The lowest BCUT2D eigenvalue weighted by atomic mass is 9.55. The molecule has 0 aromatic rings. The third-order valence-electron chi connectivity index (χ3n) is 6.32. The van der Waals surface area contributed by atoms with E-state index in [1.807, 2.05) is 0 Å². The number of halogens is 1. The van der Waals surface area contributed by atoms with E-state index in [2.05, 4.69) is 60.5 Å². The average Bonchev–Trinajstić information content (AvgIpc) is 2.59. The Balaban J connectivity index is 1.81. The Morgan fingerprint density at radius 2 is 1.92 bits per heavy atom. The number of rotatable bonds is 1. The molecule has 3 aliphatic rings. The van der Waals surface area contributed by atoms with Crippen molar-refractivity contribution in [2.45, 2.75) is 58.7 Å². The zero-order valence-corrected chi connectivity index (χ0v) is 17.2. The molecule has 2 nitrogen and oxygen atoms in total. The van der Waals surface area contributed by atoms with Crippen LogP contribution in [-0.2, 0) is 9.47 Å². The fourth-order valence-corrected chi connectivity index (χ4v) is 4.76. The second kappa shape index (κ2) is 7.11. The van der Waals surface area contributed by atoms with Crippen LogP contribution in [0, 0.1) is 46.9 Å². The molecule has 0 unspecified atom stereocenters. The maximum Gasteiger partial charge on any atom is 0.172 e. The molecule has 1 saturated carbocycles. The maximum absolute atomic E-state index is 6.27. The molecule has 2 aliphatic carbocycles. The Morgan fingerprint density at radius 1 is 1.20 bits per heavy atom. The molecule has 1 heterocycles. The summed E-state index contributed by atoms with van der Waals surface area (Å²) < 4.78 is 12.5. The van der Waals surface area contributed by atoms with Crippen LogP contribution in [0.2, 0.25) is 0 Å². The smallest absolute Gasteiger partial charge is 0.172 e. The highest BCUT2D eigenvalue weighted by Gasteiger charge is 2.53. The summed E-state index contributed by atoms with van der Waals surface area (Å²) in [5.74, 6) is 9.78. The quantitative estimate of drug-likeness (QED) is 0.350. The average molecular weight is 405 g/mol. The van der Waals surface area contributed by atoms with E-state index >= 15 is 0 Å². The van der Waals surface area contributed by atoms with E-state index < -0.39 is 5.79 Å². The summed E-state index contributed by atoms with van der Waals surface area (Å²) in [5, 5.41) is 0.723. The number of ether oxygens (including phenoxy) is 2. The molecule has 0 aromatic heterocycles. The van der Waals surface area contributed by atoms with Crippen LogP contribution in [-0.4, -0.2) is 24.3 Å². The Bertz CT molecular complexity index is 635. The Morgan fingerprint density at radius 3 is 2.56 bits per heavy atom. The van der Waals surface area contributed by atoms with E-state index in [-0.39, 0.29) is 16.7 Å². The maximum atomic E-state index is 6.27. The van der Waals surface area contributed by atoms with Crippen molar-refractivity contribution in [2.24, 2.45) is 22.7 Å². The van der Waals surface area contributed by atoms with Crippen molar-refractivity contribution in [3.05, 3.63) is 11.6 Å². The number of allylic oxidation sites excluding steroid dienone is 1. The number of alkyl halides is 1. The van der Waals surface area contributed by atoms with Gasteiger partial charge in [-0.1, -0.05) is 54.3 Å². The van der Waals surface area contributed by atoms with Crippen LogP contribution in [0.4, 0.5) is 0 Å². The summed E-state index contributed by atoms with van der Waals surface area (Å²) in [4.78, 5) is 0. The molecule has 3 heteroatoms. The van der Waals surface area contributed by atoms with Crippen LogP contribution in [0.1, 0.15) is 52.9 Å². The zero-order chi connectivity index (χ0) is 18.1. The molecule has 3 rings (SSSR count). The van der Waals surface area contributed by atoms with Crippen molar-refractivity contribution in [3.63, 3.8) is 0 Å². The lowest BCUT2D eigenvalue weighted by Crippen LogP contribution is -2.53. The van der Waals surface area contributed by atoms with Crippen LogP contribution in [0.15, 0.2) is 11.6 Å². The molecule has 1 aliphatic heterocycles. The molecule has 0 N–H and O–H groups in total. The Hall–Kier alpha value is -0.740. The van der Waals surface area contributed by atoms with Crippen LogP contribution >= 0.6 is 15.9 Å². The van der Waals surface area contributed by atoms with E-state index in [9.17, 15) is 0 Å². The summed E-state index contributed by atoms with van der Waals surface area (Å²) >= 11 is 3.39. The van der Waals surface area contributed by atoms with Gasteiger partial charge in [0, 0.05) is 30.6 Å². The van der Waals surface area contributed by atoms with Crippen molar-refractivity contribution >= 4 is 15.9 Å². The van der Waals surface area contributed by atoms with E-state index in [1.165, 1.54) is 5.57 Å². The topological polar surface area (TPSA) is 18.5 Å². The molecular weight excluding hydrogens is 376 g/mol. The van der Waals surface area contributed by atoms with Gasteiger partial charge in [0.25, 0.3) is 0 Å². The van der Waals surface area contributed by atoms with Crippen LogP contribution < -0.4 is 0 Å². The molecule has 1 spiro atoms. The number of terminal acetylenes is 1. The normalized spacial score (nSPS) is 35.7. The van der Waals surface area contributed by atoms with E-state index in [4.69, 9.17) is 15.9 Å². The predicted molar refractivity (Wildman–Crippen MR) is 105 cm³/mol. The van der Waals surface area contributed by atoms with Gasteiger partial charge in [-0.05, 0) is 24.2 Å². The first-order chi connectivity index (χ1) is 11.8. The minimum Gasteiger partial charge on any atom is -0.349 e. The van der Waals surface area contributed by atoms with Gasteiger partial charge in [0.2, 0.25) is 0 Å². The second-order valence-electron chi connectivity index (χ2n) is 8.78. The summed E-state index contributed by atoms with van der Waals surface area (Å²) in [6.07, 6.45) is 12.9. The predicted octanol–water partition coefficient (Wildman–Crippen LogP) is 4.93.